The van der Waals surface area contributed by atoms with Gasteiger partial charge in [-0.15, -0.1) is 0 Å². The van der Waals surface area contributed by atoms with Gasteiger partial charge in [0.2, 0.25) is 0 Å². The molecule has 1 aliphatic carbocycles. The molecule has 206 valence electrons. The minimum atomic E-state index is -0.449. The summed E-state index contributed by atoms with van der Waals surface area (Å²) in [5, 5.41) is 7.98. The Balaban J connectivity index is 1.52. The molecule has 40 heavy (non-hydrogen) atoms. The van der Waals surface area contributed by atoms with E-state index in [4.69, 9.17) is 30.2 Å². The first-order chi connectivity index (χ1) is 18.4. The summed E-state index contributed by atoms with van der Waals surface area (Å²) in [6.45, 7) is 21.4. The molecule has 2 aliphatic heterocycles. The number of rotatable bonds is 2. The van der Waals surface area contributed by atoms with E-state index in [1.165, 1.54) is 38.1 Å². The first-order valence-corrected chi connectivity index (χ1v) is 14.7. The molecule has 0 bridgehead atoms. The highest BCUT2D eigenvalue weighted by atomic mass is 35.5. The van der Waals surface area contributed by atoms with Gasteiger partial charge in [-0.2, -0.15) is 0 Å². The van der Waals surface area contributed by atoms with Crippen LogP contribution in [0.15, 0.2) is 42.5 Å². The van der Waals surface area contributed by atoms with E-state index in [-0.39, 0.29) is 5.41 Å². The zero-order chi connectivity index (χ0) is 28.8. The molecule has 4 nitrogen and oxygen atoms in total. The van der Waals surface area contributed by atoms with Crippen molar-refractivity contribution in [2.24, 2.45) is 0 Å². The van der Waals surface area contributed by atoms with Crippen molar-refractivity contribution >= 4 is 69.1 Å². The second kappa shape index (κ2) is 7.85. The second-order valence-corrected chi connectivity index (χ2v) is 14.9. The van der Waals surface area contributed by atoms with Crippen molar-refractivity contribution in [1.82, 2.24) is 0 Å². The Labute approximate surface area is 242 Å². The molecular formula is C33H37B2ClO4. The number of benzene rings is 4. The Hall–Kier alpha value is -2.08. The van der Waals surface area contributed by atoms with Gasteiger partial charge in [-0.05, 0) is 122 Å². The molecule has 2 heterocycles. The highest BCUT2D eigenvalue weighted by Gasteiger charge is 2.53. The highest BCUT2D eigenvalue weighted by Crippen LogP contribution is 2.51. The summed E-state index contributed by atoms with van der Waals surface area (Å²) in [6.07, 6.45) is 0. The van der Waals surface area contributed by atoms with Crippen LogP contribution in [0.4, 0.5) is 0 Å². The Morgan fingerprint density at radius 3 is 1.32 bits per heavy atom. The van der Waals surface area contributed by atoms with Crippen molar-refractivity contribution in [3.05, 3.63) is 58.6 Å². The fourth-order valence-electron chi connectivity index (χ4n) is 6.63. The van der Waals surface area contributed by atoms with Crippen LogP contribution in [0.25, 0.3) is 32.3 Å². The molecule has 0 radical (unpaired) electrons. The molecule has 7 rings (SSSR count). The van der Waals surface area contributed by atoms with Crippen LogP contribution in [0.1, 0.15) is 80.4 Å². The molecular weight excluding hydrogens is 517 g/mol. The van der Waals surface area contributed by atoms with E-state index in [2.05, 4.69) is 106 Å². The van der Waals surface area contributed by atoms with Gasteiger partial charge in [0.1, 0.15) is 0 Å². The maximum absolute atomic E-state index is 6.63. The van der Waals surface area contributed by atoms with Gasteiger partial charge >= 0.3 is 14.2 Å². The summed E-state index contributed by atoms with van der Waals surface area (Å²) in [5.74, 6) is 0. The largest absolute Gasteiger partial charge is 0.494 e. The predicted molar refractivity (Wildman–Crippen MR) is 168 cm³/mol. The maximum Gasteiger partial charge on any atom is 0.494 e. The third kappa shape index (κ3) is 3.44. The summed E-state index contributed by atoms with van der Waals surface area (Å²) in [7, 11) is -0.890. The van der Waals surface area contributed by atoms with Gasteiger partial charge in [0.05, 0.1) is 22.4 Å². The summed E-state index contributed by atoms with van der Waals surface area (Å²) in [5.41, 5.74) is 2.74. The average Bonchev–Trinajstić information content (AvgIpc) is 3.32. The lowest BCUT2D eigenvalue weighted by molar-refractivity contribution is 0.00578. The van der Waals surface area contributed by atoms with Crippen molar-refractivity contribution in [2.75, 3.05) is 0 Å². The Morgan fingerprint density at radius 1 is 0.500 bits per heavy atom. The lowest BCUT2D eigenvalue weighted by atomic mass is 9.72. The van der Waals surface area contributed by atoms with Crippen LogP contribution in [0.3, 0.4) is 0 Å². The molecule has 0 aromatic heterocycles. The van der Waals surface area contributed by atoms with Crippen LogP contribution in [0.2, 0.25) is 5.02 Å². The SMILES string of the molecule is CC1(C)c2cc(B3OC(C)(C)C(C)(C)O3)cc3c4ccc(Cl)cc4c4cc(B5OC(C)(C)C(C)(C)O5)cc1c4c23. The maximum atomic E-state index is 6.63. The first kappa shape index (κ1) is 26.8. The zero-order valence-electron chi connectivity index (χ0n) is 25.2. The molecule has 3 aliphatic rings. The molecule has 4 aromatic carbocycles. The van der Waals surface area contributed by atoms with Crippen LogP contribution in [-0.4, -0.2) is 36.6 Å². The Kier molecular flexibility index (Phi) is 5.26. The van der Waals surface area contributed by atoms with Crippen LogP contribution < -0.4 is 10.9 Å². The van der Waals surface area contributed by atoms with Gasteiger partial charge in [0.25, 0.3) is 0 Å². The molecule has 0 saturated carbocycles. The van der Waals surface area contributed by atoms with Gasteiger partial charge in [0.15, 0.2) is 0 Å². The number of hydrogen-bond acceptors (Lipinski definition) is 4. The van der Waals surface area contributed by atoms with Crippen LogP contribution in [-0.2, 0) is 24.0 Å². The Bertz CT molecular complexity index is 1740. The lowest BCUT2D eigenvalue weighted by Crippen LogP contribution is -2.41. The molecule has 0 spiro atoms. The van der Waals surface area contributed by atoms with Crippen LogP contribution in [0, 0.1) is 0 Å². The van der Waals surface area contributed by atoms with Crippen molar-refractivity contribution in [2.45, 2.75) is 97.1 Å². The second-order valence-electron chi connectivity index (χ2n) is 14.5. The average molecular weight is 555 g/mol. The molecule has 2 saturated heterocycles. The van der Waals surface area contributed by atoms with E-state index < -0.39 is 36.6 Å². The van der Waals surface area contributed by atoms with E-state index in [9.17, 15) is 0 Å². The van der Waals surface area contributed by atoms with Gasteiger partial charge < -0.3 is 18.6 Å². The van der Waals surface area contributed by atoms with Gasteiger partial charge in [-0.25, -0.2) is 0 Å². The third-order valence-corrected chi connectivity index (χ3v) is 10.8. The number of hydrogen-bond donors (Lipinski definition) is 0. The minimum absolute atomic E-state index is 0.251. The standard InChI is InChI=1S/C33H37B2ClO4/c1-29(2)25-15-18(34-37-30(3,4)31(5,6)38-34)13-23-21-12-11-20(36)17-22(21)24-14-19(16-26(29)28(24)27(23)25)35-39-32(7,8)33(9,10)40-35/h11-17H,1-10H3. The zero-order valence-corrected chi connectivity index (χ0v) is 26.0. The summed E-state index contributed by atoms with van der Waals surface area (Å²) in [6, 6.07) is 15.4. The quantitative estimate of drug-likeness (QED) is 0.197. The summed E-state index contributed by atoms with van der Waals surface area (Å²) in [4.78, 5) is 0. The Morgan fingerprint density at radius 2 is 0.900 bits per heavy atom. The lowest BCUT2D eigenvalue weighted by Gasteiger charge is -2.32. The smallest absolute Gasteiger partial charge is 0.399 e. The van der Waals surface area contributed by atoms with E-state index in [1.54, 1.807) is 0 Å². The molecule has 0 atom stereocenters. The number of halogens is 1. The molecule has 0 amide bonds. The third-order valence-electron chi connectivity index (χ3n) is 10.5. The van der Waals surface area contributed by atoms with E-state index in [0.29, 0.717) is 0 Å². The van der Waals surface area contributed by atoms with Gasteiger partial charge in [-0.3, -0.25) is 0 Å². The molecule has 2 fully saturated rings. The first-order valence-electron chi connectivity index (χ1n) is 14.3. The van der Waals surface area contributed by atoms with E-state index in [0.717, 1.165) is 21.3 Å². The van der Waals surface area contributed by atoms with Crippen molar-refractivity contribution in [3.8, 4) is 0 Å². The van der Waals surface area contributed by atoms with Gasteiger partial charge in [0, 0.05) is 10.4 Å². The van der Waals surface area contributed by atoms with Crippen molar-refractivity contribution in [1.29, 1.82) is 0 Å². The molecule has 4 aromatic rings. The summed E-state index contributed by atoms with van der Waals surface area (Å²) >= 11 is 6.63. The monoisotopic (exact) mass is 554 g/mol. The molecule has 0 unspecified atom stereocenters. The van der Waals surface area contributed by atoms with Crippen molar-refractivity contribution < 1.29 is 18.6 Å². The summed E-state index contributed by atoms with van der Waals surface area (Å²) < 4.78 is 26.1. The van der Waals surface area contributed by atoms with Gasteiger partial charge in [-0.1, -0.05) is 55.8 Å². The predicted octanol–water partition coefficient (Wildman–Crippen LogP) is 7.04. The minimum Gasteiger partial charge on any atom is -0.399 e. The highest BCUT2D eigenvalue weighted by molar-refractivity contribution is 6.63. The molecule has 0 N–H and O–H groups in total. The fraction of sp³-hybridized carbons (Fsp3) is 0.455. The topological polar surface area (TPSA) is 36.9 Å². The normalized spacial score (nSPS) is 23.4. The van der Waals surface area contributed by atoms with E-state index in [1.807, 2.05) is 6.07 Å². The molecule has 7 heteroatoms. The van der Waals surface area contributed by atoms with E-state index >= 15 is 0 Å². The van der Waals surface area contributed by atoms with Crippen LogP contribution in [0.5, 0.6) is 0 Å². The van der Waals surface area contributed by atoms with Crippen LogP contribution >= 0.6 is 11.6 Å². The van der Waals surface area contributed by atoms with Crippen molar-refractivity contribution in [3.63, 3.8) is 0 Å². The fourth-order valence-corrected chi connectivity index (χ4v) is 6.80. The number of fused-ring (bicyclic) bond motifs is 3.